The Morgan fingerprint density at radius 1 is 1.12 bits per heavy atom. The van der Waals surface area contributed by atoms with Gasteiger partial charge in [0.2, 0.25) is 0 Å². The van der Waals surface area contributed by atoms with Crippen molar-refractivity contribution in [2.45, 2.75) is 0 Å². The molecule has 0 aliphatic rings. The van der Waals surface area contributed by atoms with Gasteiger partial charge < -0.3 is 4.98 Å². The lowest BCUT2D eigenvalue weighted by Gasteiger charge is -1.98. The van der Waals surface area contributed by atoms with Gasteiger partial charge in [-0.3, -0.25) is 0 Å². The van der Waals surface area contributed by atoms with Crippen molar-refractivity contribution in [2.75, 3.05) is 0 Å². The molecule has 0 saturated carbocycles. The van der Waals surface area contributed by atoms with Crippen LogP contribution in [-0.2, 0) is 0 Å². The van der Waals surface area contributed by atoms with E-state index in [0.29, 0.717) is 5.15 Å². The molecule has 0 aliphatic carbocycles. The maximum atomic E-state index is 5.88. The smallest absolute Gasteiger partial charge is 0.137 e. The van der Waals surface area contributed by atoms with E-state index >= 15 is 0 Å². The minimum atomic E-state index is 0.496. The molecule has 0 amide bonds. The van der Waals surface area contributed by atoms with Crippen LogP contribution >= 0.6 is 11.6 Å². The molecule has 4 heteroatoms. The Morgan fingerprint density at radius 2 is 2.06 bits per heavy atom. The monoisotopic (exact) mass is 229 g/mol. The van der Waals surface area contributed by atoms with Crippen LogP contribution < -0.4 is 0 Å². The number of aromatic amines is 1. The highest BCUT2D eigenvalue weighted by molar-refractivity contribution is 6.29. The van der Waals surface area contributed by atoms with Crippen LogP contribution in [0.1, 0.15) is 0 Å². The van der Waals surface area contributed by atoms with Crippen LogP contribution in [0.25, 0.3) is 22.2 Å². The number of rotatable bonds is 1. The molecule has 3 nitrogen and oxygen atoms in total. The predicted molar refractivity (Wildman–Crippen MR) is 64.3 cm³/mol. The Hall–Kier alpha value is -1.87. The first kappa shape index (κ1) is 9.36. The minimum Gasteiger partial charge on any atom is -0.346 e. The molecule has 0 bridgehead atoms. The van der Waals surface area contributed by atoms with Gasteiger partial charge in [-0.1, -0.05) is 11.6 Å². The third kappa shape index (κ3) is 1.46. The average molecular weight is 230 g/mol. The van der Waals surface area contributed by atoms with E-state index in [-0.39, 0.29) is 0 Å². The first-order valence-electron chi connectivity index (χ1n) is 4.88. The van der Waals surface area contributed by atoms with Crippen LogP contribution in [0.2, 0.25) is 5.15 Å². The maximum Gasteiger partial charge on any atom is 0.137 e. The highest BCUT2D eigenvalue weighted by Crippen LogP contribution is 2.28. The predicted octanol–water partition coefficient (Wildman–Crippen LogP) is 3.28. The summed E-state index contributed by atoms with van der Waals surface area (Å²) in [6.07, 6.45) is 5.40. The number of H-pyrrole nitrogens is 1. The summed E-state index contributed by atoms with van der Waals surface area (Å²) in [5, 5.41) is 1.58. The van der Waals surface area contributed by atoms with Crippen LogP contribution in [-0.4, -0.2) is 15.0 Å². The standard InChI is InChI=1S/C12H8ClN3/c13-11-6-8(3-5-14-11)10-7-16-12-9(10)2-1-4-15-12/h1-7H,(H,15,16). The fourth-order valence-corrected chi connectivity index (χ4v) is 1.94. The van der Waals surface area contributed by atoms with Crippen LogP contribution in [0.4, 0.5) is 0 Å². The van der Waals surface area contributed by atoms with Crippen molar-refractivity contribution in [1.82, 2.24) is 15.0 Å². The van der Waals surface area contributed by atoms with Crippen LogP contribution in [0.3, 0.4) is 0 Å². The molecule has 3 aromatic rings. The number of nitrogens with one attached hydrogen (secondary N) is 1. The van der Waals surface area contributed by atoms with E-state index in [9.17, 15) is 0 Å². The van der Waals surface area contributed by atoms with E-state index < -0.39 is 0 Å². The van der Waals surface area contributed by atoms with Crippen molar-refractivity contribution in [2.24, 2.45) is 0 Å². The molecule has 0 fully saturated rings. The van der Waals surface area contributed by atoms with Crippen LogP contribution in [0.5, 0.6) is 0 Å². The van der Waals surface area contributed by atoms with E-state index in [0.717, 1.165) is 22.2 Å². The number of halogens is 1. The molecule has 0 saturated heterocycles. The first-order valence-corrected chi connectivity index (χ1v) is 5.26. The Kier molecular flexibility index (Phi) is 2.11. The summed E-state index contributed by atoms with van der Waals surface area (Å²) in [7, 11) is 0. The summed E-state index contributed by atoms with van der Waals surface area (Å²) in [5.74, 6) is 0. The van der Waals surface area contributed by atoms with Gasteiger partial charge in [-0.05, 0) is 29.8 Å². The van der Waals surface area contributed by atoms with Gasteiger partial charge in [0, 0.05) is 29.5 Å². The molecule has 0 atom stereocenters. The van der Waals surface area contributed by atoms with E-state index in [4.69, 9.17) is 11.6 Å². The molecule has 0 spiro atoms. The molecule has 0 aromatic carbocycles. The van der Waals surface area contributed by atoms with Crippen molar-refractivity contribution in [1.29, 1.82) is 0 Å². The molecule has 0 aliphatic heterocycles. The van der Waals surface area contributed by atoms with Gasteiger partial charge >= 0.3 is 0 Å². The lowest BCUT2D eigenvalue weighted by atomic mass is 10.1. The largest absolute Gasteiger partial charge is 0.346 e. The summed E-state index contributed by atoms with van der Waals surface area (Å²) in [6, 6.07) is 7.73. The van der Waals surface area contributed by atoms with Gasteiger partial charge in [0.05, 0.1) is 0 Å². The maximum absolute atomic E-state index is 5.88. The minimum absolute atomic E-state index is 0.496. The number of pyridine rings is 2. The van der Waals surface area contributed by atoms with E-state index in [2.05, 4.69) is 15.0 Å². The van der Waals surface area contributed by atoms with Gasteiger partial charge in [-0.25, -0.2) is 9.97 Å². The summed E-state index contributed by atoms with van der Waals surface area (Å²) in [4.78, 5) is 11.3. The summed E-state index contributed by atoms with van der Waals surface area (Å²) < 4.78 is 0. The van der Waals surface area contributed by atoms with E-state index in [1.54, 1.807) is 12.4 Å². The average Bonchev–Trinajstić information content (AvgIpc) is 2.72. The molecule has 16 heavy (non-hydrogen) atoms. The number of hydrogen-bond donors (Lipinski definition) is 1. The molecular formula is C12H8ClN3. The molecule has 0 radical (unpaired) electrons. The number of fused-ring (bicyclic) bond motifs is 1. The fraction of sp³-hybridized carbons (Fsp3) is 0. The SMILES string of the molecule is Clc1cc(-c2c[nH]c3ncccc23)ccn1. The molecule has 3 heterocycles. The van der Waals surface area contributed by atoms with Crippen molar-refractivity contribution in [3.05, 3.63) is 48.0 Å². The number of aromatic nitrogens is 3. The Bertz CT molecular complexity index is 645. The quantitative estimate of drug-likeness (QED) is 0.651. The van der Waals surface area contributed by atoms with Gasteiger partial charge in [0.25, 0.3) is 0 Å². The van der Waals surface area contributed by atoms with Crippen LogP contribution in [0.15, 0.2) is 42.9 Å². The second kappa shape index (κ2) is 3.61. The first-order chi connectivity index (χ1) is 7.84. The number of nitrogens with zero attached hydrogens (tertiary/aromatic N) is 2. The number of hydrogen-bond acceptors (Lipinski definition) is 2. The van der Waals surface area contributed by atoms with E-state index in [1.807, 2.05) is 30.5 Å². The zero-order chi connectivity index (χ0) is 11.0. The molecule has 0 unspecified atom stereocenters. The summed E-state index contributed by atoms with van der Waals surface area (Å²) >= 11 is 5.88. The normalized spacial score (nSPS) is 10.8. The molecular weight excluding hydrogens is 222 g/mol. The van der Waals surface area contributed by atoms with Crippen molar-refractivity contribution in [3.8, 4) is 11.1 Å². The highest BCUT2D eigenvalue weighted by Gasteiger charge is 2.06. The van der Waals surface area contributed by atoms with Gasteiger partial charge in [0.15, 0.2) is 0 Å². The second-order valence-corrected chi connectivity index (χ2v) is 3.86. The zero-order valence-corrected chi connectivity index (χ0v) is 9.07. The van der Waals surface area contributed by atoms with Gasteiger partial charge in [0.1, 0.15) is 10.8 Å². The summed E-state index contributed by atoms with van der Waals surface area (Å²) in [5.41, 5.74) is 3.01. The third-order valence-corrected chi connectivity index (χ3v) is 2.70. The lowest BCUT2D eigenvalue weighted by molar-refractivity contribution is 1.32. The van der Waals surface area contributed by atoms with Crippen molar-refractivity contribution in [3.63, 3.8) is 0 Å². The fourth-order valence-electron chi connectivity index (χ4n) is 1.76. The molecule has 3 aromatic heterocycles. The summed E-state index contributed by atoms with van der Waals surface area (Å²) in [6.45, 7) is 0. The van der Waals surface area contributed by atoms with E-state index in [1.165, 1.54) is 0 Å². The second-order valence-electron chi connectivity index (χ2n) is 3.47. The third-order valence-electron chi connectivity index (χ3n) is 2.49. The highest BCUT2D eigenvalue weighted by atomic mass is 35.5. The Morgan fingerprint density at radius 3 is 2.94 bits per heavy atom. The molecule has 1 N–H and O–H groups in total. The Balaban J connectivity index is 2.26. The van der Waals surface area contributed by atoms with Gasteiger partial charge in [-0.2, -0.15) is 0 Å². The van der Waals surface area contributed by atoms with Gasteiger partial charge in [-0.15, -0.1) is 0 Å². The molecule has 78 valence electrons. The van der Waals surface area contributed by atoms with Crippen molar-refractivity contribution < 1.29 is 0 Å². The topological polar surface area (TPSA) is 41.6 Å². The molecule has 3 rings (SSSR count). The van der Waals surface area contributed by atoms with Crippen molar-refractivity contribution >= 4 is 22.6 Å². The Labute approximate surface area is 97.1 Å². The lowest BCUT2D eigenvalue weighted by Crippen LogP contribution is -1.78. The zero-order valence-electron chi connectivity index (χ0n) is 8.31. The van der Waals surface area contributed by atoms with Crippen LogP contribution in [0, 0.1) is 0 Å².